The number of aromatic amines is 1. The molecule has 5 heteroatoms. The van der Waals surface area contributed by atoms with E-state index in [9.17, 15) is 4.79 Å². The van der Waals surface area contributed by atoms with Crippen LogP contribution in [0.3, 0.4) is 0 Å². The highest BCUT2D eigenvalue weighted by Crippen LogP contribution is 2.24. The van der Waals surface area contributed by atoms with Gasteiger partial charge in [-0.25, -0.2) is 0 Å². The van der Waals surface area contributed by atoms with Gasteiger partial charge in [-0.1, -0.05) is 60.7 Å². The van der Waals surface area contributed by atoms with Gasteiger partial charge in [0.25, 0.3) is 5.91 Å². The highest BCUT2D eigenvalue weighted by Gasteiger charge is 2.27. The number of nitrogens with one attached hydrogen (secondary N) is 1. The summed E-state index contributed by atoms with van der Waals surface area (Å²) in [5.74, 6) is -0.0427. The first-order chi connectivity index (χ1) is 12.3. The minimum Gasteiger partial charge on any atom is -0.370 e. The monoisotopic (exact) mass is 333 g/mol. The summed E-state index contributed by atoms with van der Waals surface area (Å²) in [6.07, 6.45) is -0.0876. The van der Waals surface area contributed by atoms with Gasteiger partial charge in [-0.2, -0.15) is 5.10 Å². The zero-order chi connectivity index (χ0) is 17.1. The molecule has 5 nitrogen and oxygen atoms in total. The van der Waals surface area contributed by atoms with Crippen molar-refractivity contribution in [2.45, 2.75) is 6.10 Å². The Hall–Kier alpha value is -2.92. The molecule has 0 spiro atoms. The van der Waals surface area contributed by atoms with Crippen LogP contribution in [0.15, 0.2) is 66.7 Å². The molecule has 0 unspecified atom stereocenters. The van der Waals surface area contributed by atoms with Crippen LogP contribution in [-0.4, -0.2) is 40.7 Å². The first kappa shape index (κ1) is 15.6. The van der Waals surface area contributed by atoms with Gasteiger partial charge in [0, 0.05) is 12.1 Å². The average molecular weight is 333 g/mol. The fraction of sp³-hybridized carbons (Fsp3) is 0.200. The van der Waals surface area contributed by atoms with E-state index in [2.05, 4.69) is 10.2 Å². The molecule has 1 atom stereocenters. The second-order valence-corrected chi connectivity index (χ2v) is 6.05. The number of benzene rings is 2. The van der Waals surface area contributed by atoms with E-state index >= 15 is 0 Å². The summed E-state index contributed by atoms with van der Waals surface area (Å²) in [7, 11) is 0. The number of carbonyl (C=O) groups excluding carboxylic acids is 1. The highest BCUT2D eigenvalue weighted by molar-refractivity contribution is 5.93. The van der Waals surface area contributed by atoms with Gasteiger partial charge in [-0.3, -0.25) is 9.89 Å². The Morgan fingerprint density at radius 1 is 1.08 bits per heavy atom. The predicted molar refractivity (Wildman–Crippen MR) is 95.1 cm³/mol. The van der Waals surface area contributed by atoms with Gasteiger partial charge in [-0.05, 0) is 11.6 Å². The van der Waals surface area contributed by atoms with Crippen LogP contribution in [0.1, 0.15) is 22.2 Å². The second kappa shape index (κ2) is 6.91. The van der Waals surface area contributed by atoms with Gasteiger partial charge < -0.3 is 9.64 Å². The Labute approximate surface area is 146 Å². The Bertz CT molecular complexity index is 846. The molecule has 25 heavy (non-hydrogen) atoms. The summed E-state index contributed by atoms with van der Waals surface area (Å²) >= 11 is 0. The predicted octanol–water partition coefficient (Wildman–Crippen LogP) is 3.29. The molecule has 4 rings (SSSR count). The topological polar surface area (TPSA) is 58.2 Å². The lowest BCUT2D eigenvalue weighted by molar-refractivity contribution is -0.0230. The van der Waals surface area contributed by atoms with Crippen LogP contribution < -0.4 is 0 Å². The molecule has 1 aliphatic rings. The molecule has 0 radical (unpaired) electrons. The number of ether oxygens (including phenoxy) is 1. The second-order valence-electron chi connectivity index (χ2n) is 6.05. The summed E-state index contributed by atoms with van der Waals surface area (Å²) in [5, 5.41) is 7.15. The van der Waals surface area contributed by atoms with Gasteiger partial charge in [0.15, 0.2) is 0 Å². The first-order valence-electron chi connectivity index (χ1n) is 8.38. The maximum atomic E-state index is 12.8. The van der Waals surface area contributed by atoms with Crippen LogP contribution in [0.2, 0.25) is 0 Å². The SMILES string of the molecule is O=C(c1cc(-c2ccccc2)n[nH]1)N1CCO[C@H](c2ccccc2)C1. The van der Waals surface area contributed by atoms with Crippen molar-refractivity contribution in [3.8, 4) is 11.3 Å². The molecule has 1 N–H and O–H groups in total. The third kappa shape index (κ3) is 3.32. The van der Waals surface area contributed by atoms with E-state index in [0.717, 1.165) is 16.8 Å². The average Bonchev–Trinajstić information content (AvgIpc) is 3.19. The first-order valence-corrected chi connectivity index (χ1v) is 8.38. The minimum absolute atomic E-state index is 0.0427. The molecule has 0 aliphatic carbocycles. The fourth-order valence-corrected chi connectivity index (χ4v) is 3.06. The zero-order valence-corrected chi connectivity index (χ0v) is 13.8. The van der Waals surface area contributed by atoms with Crippen molar-refractivity contribution >= 4 is 5.91 Å². The van der Waals surface area contributed by atoms with Gasteiger partial charge in [0.1, 0.15) is 11.8 Å². The lowest BCUT2D eigenvalue weighted by Crippen LogP contribution is -2.42. The molecule has 2 aromatic carbocycles. The van der Waals surface area contributed by atoms with Crippen LogP contribution in [0.4, 0.5) is 0 Å². The van der Waals surface area contributed by atoms with E-state index in [0.29, 0.717) is 25.4 Å². The smallest absolute Gasteiger partial charge is 0.272 e. The molecule has 3 aromatic rings. The summed E-state index contributed by atoms with van der Waals surface area (Å²) in [5.41, 5.74) is 3.36. The maximum Gasteiger partial charge on any atom is 0.272 e. The van der Waals surface area contributed by atoms with Gasteiger partial charge in [0.05, 0.1) is 18.8 Å². The molecule has 1 aliphatic heterocycles. The molecule has 1 fully saturated rings. The lowest BCUT2D eigenvalue weighted by Gasteiger charge is -2.32. The number of hydrogen-bond donors (Lipinski definition) is 1. The van der Waals surface area contributed by atoms with Crippen LogP contribution in [0.25, 0.3) is 11.3 Å². The Kier molecular flexibility index (Phi) is 4.31. The standard InChI is InChI=1S/C20H19N3O2/c24-20(18-13-17(21-22-18)15-7-3-1-4-8-15)23-11-12-25-19(14-23)16-9-5-2-6-10-16/h1-10,13,19H,11-12,14H2,(H,21,22)/t19-/m0/s1. The van der Waals surface area contributed by atoms with Crippen molar-refractivity contribution in [1.29, 1.82) is 0 Å². The Morgan fingerprint density at radius 2 is 1.80 bits per heavy atom. The third-order valence-electron chi connectivity index (χ3n) is 4.40. The van der Waals surface area contributed by atoms with E-state index in [1.807, 2.05) is 71.6 Å². The van der Waals surface area contributed by atoms with E-state index in [-0.39, 0.29) is 12.0 Å². The summed E-state index contributed by atoms with van der Waals surface area (Å²) in [6.45, 7) is 1.66. The summed E-state index contributed by atoms with van der Waals surface area (Å²) in [6, 6.07) is 21.6. The van der Waals surface area contributed by atoms with Crippen LogP contribution in [0, 0.1) is 0 Å². The number of morpholine rings is 1. The summed E-state index contributed by atoms with van der Waals surface area (Å²) in [4.78, 5) is 14.6. The van der Waals surface area contributed by atoms with Crippen molar-refractivity contribution in [3.63, 3.8) is 0 Å². The van der Waals surface area contributed by atoms with E-state index < -0.39 is 0 Å². The van der Waals surface area contributed by atoms with Crippen molar-refractivity contribution < 1.29 is 9.53 Å². The molecular formula is C20H19N3O2. The molecule has 2 heterocycles. The van der Waals surface area contributed by atoms with Crippen LogP contribution in [-0.2, 0) is 4.74 Å². The number of hydrogen-bond acceptors (Lipinski definition) is 3. The minimum atomic E-state index is -0.0876. The normalized spacial score (nSPS) is 17.4. The van der Waals surface area contributed by atoms with Gasteiger partial charge >= 0.3 is 0 Å². The summed E-state index contributed by atoms with van der Waals surface area (Å²) < 4.78 is 5.84. The zero-order valence-electron chi connectivity index (χ0n) is 13.8. The van der Waals surface area contributed by atoms with E-state index in [1.165, 1.54) is 0 Å². The van der Waals surface area contributed by atoms with Crippen molar-refractivity contribution in [1.82, 2.24) is 15.1 Å². The van der Waals surface area contributed by atoms with E-state index in [1.54, 1.807) is 0 Å². The molecule has 1 aromatic heterocycles. The molecule has 0 bridgehead atoms. The number of aromatic nitrogens is 2. The molecule has 0 saturated carbocycles. The molecule has 126 valence electrons. The lowest BCUT2D eigenvalue weighted by atomic mass is 10.1. The number of nitrogens with zero attached hydrogens (tertiary/aromatic N) is 2. The molecule has 1 saturated heterocycles. The number of carbonyl (C=O) groups is 1. The van der Waals surface area contributed by atoms with E-state index in [4.69, 9.17) is 4.74 Å². The van der Waals surface area contributed by atoms with Crippen molar-refractivity contribution in [2.75, 3.05) is 19.7 Å². The molecule has 1 amide bonds. The Morgan fingerprint density at radius 3 is 2.56 bits per heavy atom. The van der Waals surface area contributed by atoms with Crippen LogP contribution >= 0.6 is 0 Å². The maximum absolute atomic E-state index is 12.8. The molecular weight excluding hydrogens is 314 g/mol. The third-order valence-corrected chi connectivity index (χ3v) is 4.40. The number of rotatable bonds is 3. The van der Waals surface area contributed by atoms with Gasteiger partial charge in [0.2, 0.25) is 0 Å². The van der Waals surface area contributed by atoms with Crippen molar-refractivity contribution in [3.05, 3.63) is 78.0 Å². The Balaban J connectivity index is 1.50. The largest absolute Gasteiger partial charge is 0.370 e. The van der Waals surface area contributed by atoms with Gasteiger partial charge in [-0.15, -0.1) is 0 Å². The number of H-pyrrole nitrogens is 1. The fourth-order valence-electron chi connectivity index (χ4n) is 3.06. The number of amides is 1. The van der Waals surface area contributed by atoms with Crippen LogP contribution in [0.5, 0.6) is 0 Å². The van der Waals surface area contributed by atoms with Crippen molar-refractivity contribution in [2.24, 2.45) is 0 Å². The quantitative estimate of drug-likeness (QED) is 0.800. The highest BCUT2D eigenvalue weighted by atomic mass is 16.5.